The van der Waals surface area contributed by atoms with Crippen LogP contribution in [0.15, 0.2) is 36.4 Å². The van der Waals surface area contributed by atoms with Crippen molar-refractivity contribution in [2.75, 3.05) is 10.6 Å². The Kier molecular flexibility index (Phi) is 4.20. The zero-order chi connectivity index (χ0) is 14.5. The molecule has 0 aliphatic carbocycles. The van der Waals surface area contributed by atoms with Gasteiger partial charge in [0.25, 0.3) is 0 Å². The van der Waals surface area contributed by atoms with Crippen LogP contribution in [-0.4, -0.2) is 16.0 Å². The second kappa shape index (κ2) is 6.06. The molecule has 0 unspecified atom stereocenters. The van der Waals surface area contributed by atoms with Crippen LogP contribution < -0.4 is 10.6 Å². The number of benzene rings is 1. The van der Waals surface area contributed by atoms with E-state index in [9.17, 15) is 9.90 Å². The van der Waals surface area contributed by atoms with Gasteiger partial charge in [0.2, 0.25) is 5.91 Å². The Hall–Kier alpha value is -2.56. The Morgan fingerprint density at radius 2 is 2.00 bits per heavy atom. The minimum absolute atomic E-state index is 0.111. The lowest BCUT2D eigenvalue weighted by atomic mass is 10.2. The van der Waals surface area contributed by atoms with Crippen molar-refractivity contribution in [3.05, 3.63) is 47.8 Å². The van der Waals surface area contributed by atoms with E-state index in [1.54, 1.807) is 12.1 Å². The van der Waals surface area contributed by atoms with Crippen LogP contribution in [0.4, 0.5) is 11.4 Å². The predicted octanol–water partition coefficient (Wildman–Crippen LogP) is 2.67. The number of amides is 1. The molecule has 0 aliphatic heterocycles. The van der Waals surface area contributed by atoms with Gasteiger partial charge >= 0.3 is 0 Å². The summed E-state index contributed by atoms with van der Waals surface area (Å²) < 4.78 is 0. The number of carbonyl (C=O) groups is 1. The molecule has 104 valence electrons. The van der Waals surface area contributed by atoms with Crippen molar-refractivity contribution in [1.29, 1.82) is 0 Å². The molecule has 0 atom stereocenters. The van der Waals surface area contributed by atoms with Gasteiger partial charge in [0, 0.05) is 24.0 Å². The Morgan fingerprint density at radius 3 is 2.75 bits per heavy atom. The van der Waals surface area contributed by atoms with Gasteiger partial charge in [-0.1, -0.05) is 6.07 Å². The van der Waals surface area contributed by atoms with E-state index in [1.807, 2.05) is 31.2 Å². The van der Waals surface area contributed by atoms with Gasteiger partial charge in [0.15, 0.2) is 0 Å². The van der Waals surface area contributed by atoms with Gasteiger partial charge in [-0.2, -0.15) is 0 Å². The molecule has 3 N–H and O–H groups in total. The van der Waals surface area contributed by atoms with Crippen LogP contribution in [0, 0.1) is 6.92 Å². The summed E-state index contributed by atoms with van der Waals surface area (Å²) >= 11 is 0. The van der Waals surface area contributed by atoms with E-state index in [1.165, 1.54) is 6.92 Å². The van der Waals surface area contributed by atoms with Crippen LogP contribution in [0.5, 0.6) is 5.75 Å². The maximum atomic E-state index is 11.0. The number of aromatic hydroxyl groups is 1. The van der Waals surface area contributed by atoms with E-state index in [0.29, 0.717) is 12.2 Å². The maximum absolute atomic E-state index is 11.0. The molecule has 0 spiro atoms. The highest BCUT2D eigenvalue weighted by Gasteiger charge is 2.03. The molecule has 2 rings (SSSR count). The average molecular weight is 271 g/mol. The van der Waals surface area contributed by atoms with Gasteiger partial charge in [-0.25, -0.2) is 0 Å². The van der Waals surface area contributed by atoms with E-state index in [-0.39, 0.29) is 11.7 Å². The number of anilines is 2. The third-order valence-electron chi connectivity index (χ3n) is 2.73. The zero-order valence-corrected chi connectivity index (χ0v) is 11.5. The molecule has 0 aliphatic rings. The summed E-state index contributed by atoms with van der Waals surface area (Å²) in [4.78, 5) is 15.3. The number of pyridine rings is 1. The third-order valence-corrected chi connectivity index (χ3v) is 2.73. The van der Waals surface area contributed by atoms with Gasteiger partial charge in [0.05, 0.1) is 6.54 Å². The first-order chi connectivity index (χ1) is 9.54. The fourth-order valence-electron chi connectivity index (χ4n) is 1.83. The fourth-order valence-corrected chi connectivity index (χ4v) is 1.83. The van der Waals surface area contributed by atoms with E-state index in [4.69, 9.17) is 0 Å². The number of hydrogen-bond donors (Lipinski definition) is 3. The topological polar surface area (TPSA) is 74.2 Å². The normalized spacial score (nSPS) is 10.1. The highest BCUT2D eigenvalue weighted by Crippen LogP contribution is 2.19. The van der Waals surface area contributed by atoms with Crippen molar-refractivity contribution >= 4 is 17.3 Å². The minimum atomic E-state index is -0.111. The smallest absolute Gasteiger partial charge is 0.221 e. The first-order valence-electron chi connectivity index (χ1n) is 6.31. The standard InChI is InChI=1S/C15H17N3O2/c1-10-6-7-15(20)14(17-10)9-16-12-4-3-5-13(8-12)18-11(2)19/h3-8,16,20H,9H2,1-2H3,(H,18,19). The third kappa shape index (κ3) is 3.71. The van der Waals surface area contributed by atoms with Gasteiger partial charge in [-0.3, -0.25) is 9.78 Å². The SMILES string of the molecule is CC(=O)Nc1cccc(NCc2nc(C)ccc2O)c1. The summed E-state index contributed by atoms with van der Waals surface area (Å²) in [6, 6.07) is 10.8. The quantitative estimate of drug-likeness (QED) is 0.799. The monoisotopic (exact) mass is 271 g/mol. The lowest BCUT2D eigenvalue weighted by Gasteiger charge is -2.10. The molecule has 5 nitrogen and oxygen atoms in total. The van der Waals surface area contributed by atoms with Gasteiger partial charge < -0.3 is 15.7 Å². The van der Waals surface area contributed by atoms with Crippen molar-refractivity contribution in [1.82, 2.24) is 4.98 Å². The minimum Gasteiger partial charge on any atom is -0.506 e. The predicted molar refractivity (Wildman–Crippen MR) is 78.7 cm³/mol. The number of aromatic nitrogens is 1. The lowest BCUT2D eigenvalue weighted by molar-refractivity contribution is -0.114. The zero-order valence-electron chi connectivity index (χ0n) is 11.5. The van der Waals surface area contributed by atoms with Crippen molar-refractivity contribution < 1.29 is 9.90 Å². The summed E-state index contributed by atoms with van der Waals surface area (Å²) in [5.74, 6) is 0.0567. The number of rotatable bonds is 4. The summed E-state index contributed by atoms with van der Waals surface area (Å²) in [6.45, 7) is 3.76. The van der Waals surface area contributed by atoms with Crippen molar-refractivity contribution in [2.24, 2.45) is 0 Å². The van der Waals surface area contributed by atoms with Gasteiger partial charge in [-0.05, 0) is 37.3 Å². The Bertz CT molecular complexity index is 626. The second-order valence-corrected chi connectivity index (χ2v) is 4.53. The first-order valence-corrected chi connectivity index (χ1v) is 6.31. The van der Waals surface area contributed by atoms with Crippen molar-refractivity contribution in [3.8, 4) is 5.75 Å². The van der Waals surface area contributed by atoms with Crippen LogP contribution in [0.2, 0.25) is 0 Å². The molecule has 0 radical (unpaired) electrons. The molecule has 1 amide bonds. The molecule has 0 saturated heterocycles. The van der Waals surface area contributed by atoms with Crippen LogP contribution in [0.25, 0.3) is 0 Å². The number of carbonyl (C=O) groups excluding carboxylic acids is 1. The van der Waals surface area contributed by atoms with E-state index < -0.39 is 0 Å². The van der Waals surface area contributed by atoms with E-state index >= 15 is 0 Å². The molecule has 0 bridgehead atoms. The molecule has 0 fully saturated rings. The molecule has 20 heavy (non-hydrogen) atoms. The van der Waals surface area contributed by atoms with Gasteiger partial charge in [-0.15, -0.1) is 0 Å². The molecule has 5 heteroatoms. The molecule has 0 saturated carbocycles. The number of aryl methyl sites for hydroxylation is 1. The Morgan fingerprint density at radius 1 is 1.25 bits per heavy atom. The number of nitrogens with zero attached hydrogens (tertiary/aromatic N) is 1. The number of hydrogen-bond acceptors (Lipinski definition) is 4. The number of nitrogens with one attached hydrogen (secondary N) is 2. The molecular weight excluding hydrogens is 254 g/mol. The van der Waals surface area contributed by atoms with Gasteiger partial charge in [0.1, 0.15) is 11.4 Å². The Labute approximate surface area is 117 Å². The van der Waals surface area contributed by atoms with E-state index in [0.717, 1.165) is 17.1 Å². The molecule has 1 aromatic carbocycles. The van der Waals surface area contributed by atoms with Crippen molar-refractivity contribution in [3.63, 3.8) is 0 Å². The summed E-state index contributed by atoms with van der Waals surface area (Å²) in [6.07, 6.45) is 0. The molecule has 1 aromatic heterocycles. The lowest BCUT2D eigenvalue weighted by Crippen LogP contribution is -2.07. The largest absolute Gasteiger partial charge is 0.506 e. The summed E-state index contributed by atoms with van der Waals surface area (Å²) in [5, 5.41) is 15.6. The van der Waals surface area contributed by atoms with Crippen LogP contribution >= 0.6 is 0 Å². The van der Waals surface area contributed by atoms with Crippen LogP contribution in [0.1, 0.15) is 18.3 Å². The molecular formula is C15H17N3O2. The fraction of sp³-hybridized carbons (Fsp3) is 0.200. The highest BCUT2D eigenvalue weighted by molar-refractivity contribution is 5.89. The first kappa shape index (κ1) is 13.9. The summed E-state index contributed by atoms with van der Waals surface area (Å²) in [5.41, 5.74) is 3.02. The summed E-state index contributed by atoms with van der Waals surface area (Å²) in [7, 11) is 0. The Balaban J connectivity index is 2.07. The van der Waals surface area contributed by atoms with Crippen LogP contribution in [-0.2, 0) is 11.3 Å². The molecule has 1 heterocycles. The molecule has 2 aromatic rings. The van der Waals surface area contributed by atoms with Crippen molar-refractivity contribution in [2.45, 2.75) is 20.4 Å². The second-order valence-electron chi connectivity index (χ2n) is 4.53. The van der Waals surface area contributed by atoms with Crippen LogP contribution in [0.3, 0.4) is 0 Å². The van der Waals surface area contributed by atoms with E-state index in [2.05, 4.69) is 15.6 Å². The highest BCUT2D eigenvalue weighted by atomic mass is 16.3. The maximum Gasteiger partial charge on any atom is 0.221 e. The average Bonchev–Trinajstić information content (AvgIpc) is 2.39.